The smallest absolute Gasteiger partial charge is 0.326 e. The molecule has 0 unspecified atom stereocenters. The quantitative estimate of drug-likeness (QED) is 0.0166. The molecule has 0 aromatic rings. The van der Waals surface area contributed by atoms with E-state index in [0.29, 0.717) is 0 Å². The molecule has 28 heteroatoms. The highest BCUT2D eigenvalue weighted by molar-refractivity contribution is 5.99. The molecule has 0 rings (SSSR count). The van der Waals surface area contributed by atoms with Gasteiger partial charge in [-0.2, -0.15) is 0 Å². The van der Waals surface area contributed by atoms with E-state index in [1.807, 2.05) is 0 Å². The molecule has 0 radical (unpaired) electrons. The van der Waals surface area contributed by atoms with Crippen LogP contribution >= 0.6 is 0 Å². The normalized spacial score (nSPS) is 14.9. The van der Waals surface area contributed by atoms with Crippen LogP contribution in [0.25, 0.3) is 0 Å². The Kier molecular flexibility index (Phi) is 28.8. The summed E-state index contributed by atoms with van der Waals surface area (Å²) in [6.07, 6.45) is -2.77. The Morgan fingerprint density at radius 2 is 0.833 bits per heavy atom. The van der Waals surface area contributed by atoms with Gasteiger partial charge in [0.2, 0.25) is 53.2 Å². The fourth-order valence-electron chi connectivity index (χ4n) is 6.77. The number of primary amides is 1. The molecule has 72 heavy (non-hydrogen) atoms. The molecule has 0 fully saturated rings. The van der Waals surface area contributed by atoms with E-state index in [4.69, 9.17) is 28.0 Å². The highest BCUT2D eigenvalue weighted by Gasteiger charge is 2.36. The van der Waals surface area contributed by atoms with E-state index in [2.05, 4.69) is 47.5 Å². The van der Waals surface area contributed by atoms with Gasteiger partial charge in [-0.15, -0.1) is 0 Å². The van der Waals surface area contributed by atoms with Crippen molar-refractivity contribution in [2.75, 3.05) is 6.54 Å². The molecule has 28 nitrogen and oxygen atoms in total. The van der Waals surface area contributed by atoms with Crippen LogP contribution in [0.5, 0.6) is 0 Å². The maximum Gasteiger partial charge on any atom is 0.326 e. The van der Waals surface area contributed by atoms with Crippen molar-refractivity contribution in [2.24, 2.45) is 51.6 Å². The van der Waals surface area contributed by atoms with Crippen LogP contribution in [0.2, 0.25) is 0 Å². The number of aliphatic imine (C=N–C) groups is 1. The van der Waals surface area contributed by atoms with Crippen LogP contribution in [0.15, 0.2) is 4.99 Å². The van der Waals surface area contributed by atoms with Gasteiger partial charge in [-0.25, -0.2) is 4.79 Å². The number of guanidine groups is 1. The molecule has 0 aromatic heterocycles. The summed E-state index contributed by atoms with van der Waals surface area (Å²) in [4.78, 5) is 159. The van der Waals surface area contributed by atoms with E-state index in [-0.39, 0.29) is 62.4 Å². The number of carbonyl (C=O) groups is 12. The minimum absolute atomic E-state index is 0.0394. The Morgan fingerprint density at radius 3 is 1.26 bits per heavy atom. The van der Waals surface area contributed by atoms with Gasteiger partial charge in [0.1, 0.15) is 48.3 Å². The van der Waals surface area contributed by atoms with Crippen molar-refractivity contribution in [3.63, 3.8) is 0 Å². The predicted octanol–water partition coefficient (Wildman–Crippen LogP) is -4.03. The number of amides is 9. The summed E-state index contributed by atoms with van der Waals surface area (Å²) in [6, 6.07) is -13.6. The lowest BCUT2D eigenvalue weighted by Gasteiger charge is -2.28. The lowest BCUT2D eigenvalue weighted by atomic mass is 10.00. The molecule has 0 spiro atoms. The third kappa shape index (κ3) is 26.2. The topological polar surface area (TPSA) is 478 Å². The number of hydrogen-bond acceptors (Lipinski definition) is 14. The van der Waals surface area contributed by atoms with Gasteiger partial charge < -0.3 is 80.8 Å². The van der Waals surface area contributed by atoms with E-state index >= 15 is 0 Å². The Balaban J connectivity index is 6.56. The second-order valence-electron chi connectivity index (χ2n) is 19.0. The zero-order chi connectivity index (χ0) is 55.7. The van der Waals surface area contributed by atoms with Crippen LogP contribution in [-0.2, 0) is 57.5 Å². The van der Waals surface area contributed by atoms with Gasteiger partial charge in [0, 0.05) is 6.54 Å². The minimum atomic E-state index is -1.92. The molecule has 9 amide bonds. The zero-order valence-electron chi connectivity index (χ0n) is 42.4. The summed E-state index contributed by atoms with van der Waals surface area (Å²) in [5.41, 5.74) is 21.9. The number of hydrogen-bond donors (Lipinski definition) is 15. The first kappa shape index (κ1) is 64.9. The van der Waals surface area contributed by atoms with Crippen molar-refractivity contribution in [3.05, 3.63) is 0 Å². The van der Waals surface area contributed by atoms with Crippen LogP contribution in [0.1, 0.15) is 114 Å². The molecular weight excluding hydrogens is 951 g/mol. The number of nitrogens with one attached hydrogen (secondary N) is 8. The molecule has 0 aliphatic carbocycles. The van der Waals surface area contributed by atoms with Gasteiger partial charge in [0.05, 0.1) is 25.3 Å². The summed E-state index contributed by atoms with van der Waals surface area (Å²) < 4.78 is 0. The number of aliphatic carboxylic acids is 3. The lowest BCUT2D eigenvalue weighted by Crippen LogP contribution is -2.61. The molecule has 0 saturated heterocycles. The average Bonchev–Trinajstić information content (AvgIpc) is 3.23. The van der Waals surface area contributed by atoms with Crippen LogP contribution in [0.3, 0.4) is 0 Å². The molecule has 0 heterocycles. The molecule has 0 aromatic carbocycles. The summed E-state index contributed by atoms with van der Waals surface area (Å²) in [5, 5.41) is 47.5. The Bertz CT molecular complexity index is 1960. The number of nitrogens with zero attached hydrogens (tertiary/aromatic N) is 1. The maximum absolute atomic E-state index is 13.9. The van der Waals surface area contributed by atoms with Gasteiger partial charge in [-0.1, -0.05) is 55.4 Å². The number of carboxylic acid groups (broad SMARTS) is 3. The van der Waals surface area contributed by atoms with Crippen molar-refractivity contribution in [2.45, 2.75) is 168 Å². The number of rotatable bonds is 34. The first-order chi connectivity index (χ1) is 33.2. The number of nitrogens with two attached hydrogens (primary N) is 4. The van der Waals surface area contributed by atoms with Gasteiger partial charge in [-0.05, 0) is 62.7 Å². The largest absolute Gasteiger partial charge is 0.481 e. The molecule has 0 bridgehead atoms. The van der Waals surface area contributed by atoms with E-state index in [0.717, 1.165) is 0 Å². The molecule has 9 atom stereocenters. The highest BCUT2D eigenvalue weighted by Crippen LogP contribution is 2.12. The van der Waals surface area contributed by atoms with Crippen LogP contribution in [-0.4, -0.2) is 153 Å². The number of carboxylic acids is 3. The SMILES string of the molecule is CC(C)C[C@H](NC(=O)[C@H](CC(C)C)NC(=O)[C@H](C)NC(=O)[C@H](CC(N)=O)NC(=O)[C@H](CC(C)C)NC(=O)[C@H](CC(=O)O)NC(=O)[C@H](CCCN=C(N)N)NC(=O)[C@@H](NC(=O)[C@@H](N)CC(=O)O)C(C)C)C(=O)O. The Hall–Kier alpha value is -7.13. The van der Waals surface area contributed by atoms with E-state index < -0.39 is 151 Å². The first-order valence-electron chi connectivity index (χ1n) is 23.4. The first-order valence-corrected chi connectivity index (χ1v) is 23.4. The summed E-state index contributed by atoms with van der Waals surface area (Å²) in [7, 11) is 0. The van der Waals surface area contributed by atoms with Gasteiger partial charge >= 0.3 is 17.9 Å². The minimum Gasteiger partial charge on any atom is -0.481 e. The second-order valence-corrected chi connectivity index (χ2v) is 19.0. The van der Waals surface area contributed by atoms with Gasteiger partial charge in [-0.3, -0.25) is 57.7 Å². The van der Waals surface area contributed by atoms with Crippen molar-refractivity contribution in [1.82, 2.24) is 42.5 Å². The standard InChI is InChI=1S/C44H77N13O15/c1-19(2)13-26(40(68)56-30(43(71)72)15-21(5)6)52-35(63)23(9)50-38(66)28(17-31(46)58)54-39(67)27(14-20(3)4)53-41(69)29(18-33(61)62)55-37(65)25(11-10-12-49-44(47)48)51-42(70)34(22(7)8)57-36(64)24(45)16-32(59)60/h19-30,34H,10-18,45H2,1-9H3,(H2,46,58)(H,50,66)(H,51,70)(H,52,63)(H,53,69)(H,54,67)(H,55,65)(H,56,68)(H,57,64)(H,59,60)(H,61,62)(H,71,72)(H4,47,48,49)/t23-,24-,25-,26-,27-,28-,29-,30-,34-/m0/s1. The lowest BCUT2D eigenvalue weighted by molar-refractivity contribution is -0.143. The van der Waals surface area contributed by atoms with E-state index in [1.165, 1.54) is 20.8 Å². The molecule has 19 N–H and O–H groups in total. The highest BCUT2D eigenvalue weighted by atomic mass is 16.4. The maximum atomic E-state index is 13.9. The van der Waals surface area contributed by atoms with Gasteiger partial charge in [0.15, 0.2) is 5.96 Å². The van der Waals surface area contributed by atoms with Crippen LogP contribution in [0.4, 0.5) is 0 Å². The van der Waals surface area contributed by atoms with Crippen LogP contribution < -0.4 is 65.5 Å². The molecule has 408 valence electrons. The fraction of sp³-hybridized carbons (Fsp3) is 0.705. The molecule has 0 aliphatic heterocycles. The summed E-state index contributed by atoms with van der Waals surface area (Å²) in [5.74, 6) is -15.0. The van der Waals surface area contributed by atoms with Crippen molar-refractivity contribution < 1.29 is 72.9 Å². The van der Waals surface area contributed by atoms with Crippen LogP contribution in [0, 0.1) is 23.7 Å². The Morgan fingerprint density at radius 1 is 0.444 bits per heavy atom. The predicted molar refractivity (Wildman–Crippen MR) is 258 cm³/mol. The van der Waals surface area contributed by atoms with E-state index in [9.17, 15) is 67.7 Å². The Labute approximate surface area is 417 Å². The molecule has 0 saturated carbocycles. The molecule has 0 aliphatic rings. The average molecular weight is 1030 g/mol. The van der Waals surface area contributed by atoms with Crippen molar-refractivity contribution >= 4 is 77.0 Å². The summed E-state index contributed by atoms with van der Waals surface area (Å²) in [6.45, 7) is 14.6. The third-order valence-corrected chi connectivity index (χ3v) is 10.4. The monoisotopic (exact) mass is 1030 g/mol. The molecular formula is C44H77N13O15. The third-order valence-electron chi connectivity index (χ3n) is 10.4. The van der Waals surface area contributed by atoms with Crippen molar-refractivity contribution in [3.8, 4) is 0 Å². The van der Waals surface area contributed by atoms with E-state index in [1.54, 1.807) is 41.5 Å². The number of carbonyl (C=O) groups excluding carboxylic acids is 9. The van der Waals surface area contributed by atoms with Gasteiger partial charge in [0.25, 0.3) is 0 Å². The fourth-order valence-corrected chi connectivity index (χ4v) is 6.77. The zero-order valence-corrected chi connectivity index (χ0v) is 42.4. The second kappa shape index (κ2) is 32.0. The summed E-state index contributed by atoms with van der Waals surface area (Å²) >= 11 is 0. The van der Waals surface area contributed by atoms with Crippen molar-refractivity contribution in [1.29, 1.82) is 0 Å².